The van der Waals surface area contributed by atoms with Crippen LogP contribution in [0.3, 0.4) is 0 Å². The fraction of sp³-hybridized carbons (Fsp3) is 0.524. The molecular weight excluding hydrogens is 370 g/mol. The summed E-state index contributed by atoms with van der Waals surface area (Å²) >= 11 is 1.78. The lowest BCUT2D eigenvalue weighted by Crippen LogP contribution is -2.51. The Hall–Kier alpha value is -2.28. The summed E-state index contributed by atoms with van der Waals surface area (Å²) in [5.41, 5.74) is 2.36. The first-order valence-electron chi connectivity index (χ1n) is 9.88. The summed E-state index contributed by atoms with van der Waals surface area (Å²) in [5, 5.41) is 8.18. The van der Waals surface area contributed by atoms with E-state index in [2.05, 4.69) is 57.6 Å². The smallest absolute Gasteiger partial charge is 0.191 e. The summed E-state index contributed by atoms with van der Waals surface area (Å²) in [4.78, 5) is 12.7. The van der Waals surface area contributed by atoms with Crippen molar-refractivity contribution in [3.8, 4) is 5.75 Å². The third kappa shape index (κ3) is 5.38. The van der Waals surface area contributed by atoms with Crippen LogP contribution in [0.4, 0.5) is 5.69 Å². The lowest BCUT2D eigenvalue weighted by atomic mass is 10.0. The van der Waals surface area contributed by atoms with Crippen molar-refractivity contribution >= 4 is 23.0 Å². The molecule has 1 saturated heterocycles. The predicted octanol–water partition coefficient (Wildman–Crippen LogP) is 3.15. The molecule has 2 N–H and O–H groups in total. The lowest BCUT2D eigenvalue weighted by molar-refractivity contribution is 0.414. The summed E-state index contributed by atoms with van der Waals surface area (Å²) in [6.07, 6.45) is 3.28. The van der Waals surface area contributed by atoms with Crippen molar-refractivity contribution in [3.05, 3.63) is 39.8 Å². The number of hydrogen-bond acceptors (Lipinski definition) is 5. The van der Waals surface area contributed by atoms with Gasteiger partial charge in [0.25, 0.3) is 0 Å². The van der Waals surface area contributed by atoms with E-state index in [1.165, 1.54) is 10.6 Å². The van der Waals surface area contributed by atoms with Gasteiger partial charge in [0.15, 0.2) is 5.96 Å². The highest BCUT2D eigenvalue weighted by Gasteiger charge is 2.21. The molecule has 3 rings (SSSR count). The second kappa shape index (κ2) is 9.78. The molecule has 2 heterocycles. The molecular formula is C21H31N5OS. The quantitative estimate of drug-likeness (QED) is 0.575. The number of hydrogen-bond donors (Lipinski definition) is 2. The first-order valence-corrected chi connectivity index (χ1v) is 10.7. The van der Waals surface area contributed by atoms with E-state index in [-0.39, 0.29) is 0 Å². The van der Waals surface area contributed by atoms with Gasteiger partial charge in [-0.2, -0.15) is 0 Å². The van der Waals surface area contributed by atoms with Crippen LogP contribution >= 0.6 is 11.3 Å². The molecule has 0 spiro atoms. The van der Waals surface area contributed by atoms with Gasteiger partial charge in [-0.05, 0) is 38.8 Å². The Kier molecular flexibility index (Phi) is 7.14. The maximum atomic E-state index is 5.37. The van der Waals surface area contributed by atoms with E-state index < -0.39 is 0 Å². The third-order valence-corrected chi connectivity index (χ3v) is 6.18. The van der Waals surface area contributed by atoms with Crippen molar-refractivity contribution in [3.63, 3.8) is 0 Å². The van der Waals surface area contributed by atoms with Crippen LogP contribution in [-0.2, 0) is 6.42 Å². The number of aromatic nitrogens is 1. The van der Waals surface area contributed by atoms with Crippen molar-refractivity contribution in [1.29, 1.82) is 0 Å². The van der Waals surface area contributed by atoms with E-state index in [4.69, 9.17) is 4.74 Å². The highest BCUT2D eigenvalue weighted by atomic mass is 32.1. The monoisotopic (exact) mass is 401 g/mol. The van der Waals surface area contributed by atoms with E-state index in [1.54, 1.807) is 18.4 Å². The van der Waals surface area contributed by atoms with Crippen LogP contribution in [0.25, 0.3) is 0 Å². The zero-order chi connectivity index (χ0) is 19.9. The number of aliphatic imine (C=N–C) groups is 1. The predicted molar refractivity (Wildman–Crippen MR) is 118 cm³/mol. The molecule has 1 aromatic carbocycles. The average Bonchev–Trinajstić information content (AvgIpc) is 3.04. The van der Waals surface area contributed by atoms with Gasteiger partial charge in [0, 0.05) is 55.8 Å². The molecule has 1 fully saturated rings. The third-order valence-electron chi connectivity index (χ3n) is 5.05. The molecule has 0 aliphatic carbocycles. The Balaban J connectivity index is 1.51. The number of thiazole rings is 1. The van der Waals surface area contributed by atoms with Crippen molar-refractivity contribution in [2.24, 2.45) is 4.99 Å². The van der Waals surface area contributed by atoms with Crippen LogP contribution in [0.1, 0.15) is 28.4 Å². The van der Waals surface area contributed by atoms with E-state index in [0.29, 0.717) is 6.04 Å². The second-order valence-corrected chi connectivity index (χ2v) is 8.41. The molecule has 1 atom stereocenters. The fourth-order valence-electron chi connectivity index (χ4n) is 3.62. The number of anilines is 1. The van der Waals surface area contributed by atoms with Gasteiger partial charge in [-0.1, -0.05) is 6.07 Å². The highest BCUT2D eigenvalue weighted by molar-refractivity contribution is 7.11. The second-order valence-electron chi connectivity index (χ2n) is 7.12. The number of methoxy groups -OCH3 is 1. The molecule has 2 aromatic rings. The van der Waals surface area contributed by atoms with Crippen LogP contribution < -0.4 is 20.3 Å². The number of guanidine groups is 1. The summed E-state index contributed by atoms with van der Waals surface area (Å²) in [6.45, 7) is 7.03. The zero-order valence-corrected chi connectivity index (χ0v) is 18.1. The summed E-state index contributed by atoms with van der Waals surface area (Å²) in [7, 11) is 3.55. The number of ether oxygens (including phenoxy) is 1. The molecule has 0 amide bonds. The maximum absolute atomic E-state index is 5.37. The van der Waals surface area contributed by atoms with Crippen LogP contribution in [-0.4, -0.2) is 50.8 Å². The van der Waals surface area contributed by atoms with Crippen LogP contribution in [0.5, 0.6) is 5.75 Å². The SMILES string of the molecule is CN=C(NCCc1sc(C)nc1C)NC1CCCN(c2cccc(OC)c2)C1. The minimum absolute atomic E-state index is 0.374. The van der Waals surface area contributed by atoms with Crippen molar-refractivity contribution in [1.82, 2.24) is 15.6 Å². The number of aryl methyl sites for hydroxylation is 2. The molecule has 0 radical (unpaired) electrons. The highest BCUT2D eigenvalue weighted by Crippen LogP contribution is 2.24. The largest absolute Gasteiger partial charge is 0.497 e. The molecule has 152 valence electrons. The Bertz CT molecular complexity index is 804. The van der Waals surface area contributed by atoms with Gasteiger partial charge >= 0.3 is 0 Å². The molecule has 0 bridgehead atoms. The van der Waals surface area contributed by atoms with E-state index >= 15 is 0 Å². The number of nitrogens with one attached hydrogen (secondary N) is 2. The van der Waals surface area contributed by atoms with Crippen molar-refractivity contribution < 1.29 is 4.74 Å². The van der Waals surface area contributed by atoms with Gasteiger partial charge in [0.05, 0.1) is 17.8 Å². The average molecular weight is 402 g/mol. The van der Waals surface area contributed by atoms with Crippen molar-refractivity contribution in [2.75, 3.05) is 38.7 Å². The summed E-state index contributed by atoms with van der Waals surface area (Å²) in [5.74, 6) is 1.77. The standard InChI is InChI=1S/C21H31N5OS/c1-15-20(28-16(2)24-15)10-11-23-21(22-3)25-17-7-6-12-26(14-17)18-8-5-9-19(13-18)27-4/h5,8-9,13,17H,6-7,10-12,14H2,1-4H3,(H2,22,23,25). The normalized spacial score (nSPS) is 17.5. The Labute approximate surface area is 172 Å². The first-order chi connectivity index (χ1) is 13.6. The Morgan fingerprint density at radius 2 is 2.25 bits per heavy atom. The van der Waals surface area contributed by atoms with Gasteiger partial charge in [0.1, 0.15) is 5.75 Å². The number of rotatable bonds is 6. The van der Waals surface area contributed by atoms with Crippen LogP contribution in [0.15, 0.2) is 29.3 Å². The van der Waals surface area contributed by atoms with Crippen molar-refractivity contribution in [2.45, 2.75) is 39.2 Å². The molecule has 28 heavy (non-hydrogen) atoms. The van der Waals surface area contributed by atoms with Crippen LogP contribution in [0, 0.1) is 13.8 Å². The minimum Gasteiger partial charge on any atom is -0.497 e. The van der Waals surface area contributed by atoms with Gasteiger partial charge < -0.3 is 20.3 Å². The molecule has 0 saturated carbocycles. The Morgan fingerprint density at radius 3 is 2.96 bits per heavy atom. The fourth-order valence-corrected chi connectivity index (χ4v) is 4.56. The minimum atomic E-state index is 0.374. The molecule has 1 aliphatic heterocycles. The number of nitrogens with zero attached hydrogens (tertiary/aromatic N) is 3. The summed E-state index contributed by atoms with van der Waals surface area (Å²) in [6, 6.07) is 8.67. The molecule has 1 aliphatic rings. The molecule has 1 aromatic heterocycles. The van der Waals surface area contributed by atoms with E-state index in [1.807, 2.05) is 13.1 Å². The van der Waals surface area contributed by atoms with Gasteiger partial charge in [0.2, 0.25) is 0 Å². The lowest BCUT2D eigenvalue weighted by Gasteiger charge is -2.35. The number of piperidine rings is 1. The summed E-state index contributed by atoms with van der Waals surface area (Å²) < 4.78 is 5.37. The van der Waals surface area contributed by atoms with E-state index in [9.17, 15) is 0 Å². The molecule has 6 nitrogen and oxygen atoms in total. The maximum Gasteiger partial charge on any atom is 0.191 e. The Morgan fingerprint density at radius 1 is 1.39 bits per heavy atom. The van der Waals surface area contributed by atoms with Gasteiger partial charge in [-0.3, -0.25) is 4.99 Å². The topological polar surface area (TPSA) is 61.8 Å². The van der Waals surface area contributed by atoms with Crippen LogP contribution in [0.2, 0.25) is 0 Å². The van der Waals surface area contributed by atoms with Gasteiger partial charge in [-0.15, -0.1) is 11.3 Å². The molecule has 1 unspecified atom stereocenters. The van der Waals surface area contributed by atoms with Gasteiger partial charge in [-0.25, -0.2) is 4.98 Å². The first kappa shape index (κ1) is 20.5. The number of benzene rings is 1. The zero-order valence-electron chi connectivity index (χ0n) is 17.3. The van der Waals surface area contributed by atoms with E-state index in [0.717, 1.165) is 61.3 Å². The molecule has 7 heteroatoms.